The Morgan fingerprint density at radius 1 is 1.71 bits per heavy atom. The molecule has 0 heterocycles. The maximum Gasteiger partial charge on any atom is 0.0131 e. The lowest BCUT2D eigenvalue weighted by atomic mass is 9.81. The van der Waals surface area contributed by atoms with Crippen molar-refractivity contribution in [3.8, 4) is 0 Å². The Balaban J connectivity index is 2.29. The van der Waals surface area contributed by atoms with E-state index in [0.29, 0.717) is 6.04 Å². The van der Waals surface area contributed by atoms with Crippen LogP contribution in [-0.2, 0) is 0 Å². The standard InChI is InChI=1S/C5H11NS/c1-5(7)2-4(6)3-5/h4,7H,2-3,6H2,1H3/t4-,5+. The molecule has 0 saturated heterocycles. The molecule has 1 fully saturated rings. The van der Waals surface area contributed by atoms with E-state index >= 15 is 0 Å². The van der Waals surface area contributed by atoms with Gasteiger partial charge in [-0.25, -0.2) is 0 Å². The van der Waals surface area contributed by atoms with Crippen LogP contribution >= 0.6 is 12.6 Å². The molecule has 0 radical (unpaired) electrons. The van der Waals surface area contributed by atoms with Crippen LogP contribution in [0.25, 0.3) is 0 Å². The molecule has 0 unspecified atom stereocenters. The van der Waals surface area contributed by atoms with Crippen molar-refractivity contribution in [1.82, 2.24) is 0 Å². The van der Waals surface area contributed by atoms with E-state index in [9.17, 15) is 0 Å². The largest absolute Gasteiger partial charge is 0.328 e. The first kappa shape index (κ1) is 5.45. The molecule has 1 saturated carbocycles. The Kier molecular flexibility index (Phi) is 1.08. The second-order valence-corrected chi connectivity index (χ2v) is 3.74. The van der Waals surface area contributed by atoms with Gasteiger partial charge in [-0.05, 0) is 12.8 Å². The first-order valence-corrected chi connectivity index (χ1v) is 3.03. The van der Waals surface area contributed by atoms with Crippen molar-refractivity contribution in [3.63, 3.8) is 0 Å². The van der Waals surface area contributed by atoms with Crippen LogP contribution in [0.3, 0.4) is 0 Å². The van der Waals surface area contributed by atoms with Crippen LogP contribution in [0.1, 0.15) is 19.8 Å². The van der Waals surface area contributed by atoms with Crippen LogP contribution in [0, 0.1) is 0 Å². The van der Waals surface area contributed by atoms with Crippen molar-refractivity contribution in [3.05, 3.63) is 0 Å². The van der Waals surface area contributed by atoms with E-state index in [1.165, 1.54) is 0 Å². The summed E-state index contributed by atoms with van der Waals surface area (Å²) in [5, 5.41) is 0. The summed E-state index contributed by atoms with van der Waals surface area (Å²) >= 11 is 4.32. The first-order chi connectivity index (χ1) is 3.10. The smallest absolute Gasteiger partial charge is 0.0131 e. The van der Waals surface area contributed by atoms with E-state index in [2.05, 4.69) is 19.6 Å². The lowest BCUT2D eigenvalue weighted by molar-refractivity contribution is 0.332. The summed E-state index contributed by atoms with van der Waals surface area (Å²) in [4.78, 5) is 0. The highest BCUT2D eigenvalue weighted by atomic mass is 32.1. The Bertz CT molecular complexity index is 72.1. The van der Waals surface area contributed by atoms with Crippen LogP contribution < -0.4 is 5.73 Å². The molecule has 0 spiro atoms. The average Bonchev–Trinajstić information content (AvgIpc) is 1.27. The van der Waals surface area contributed by atoms with Gasteiger partial charge in [0.2, 0.25) is 0 Å². The molecule has 0 bridgehead atoms. The fraction of sp³-hybridized carbons (Fsp3) is 1.00. The molecule has 1 rings (SSSR count). The zero-order chi connectivity index (χ0) is 5.49. The third-order valence-electron chi connectivity index (χ3n) is 1.40. The van der Waals surface area contributed by atoms with Gasteiger partial charge < -0.3 is 5.73 Å². The Morgan fingerprint density at radius 3 is 2.14 bits per heavy atom. The second-order valence-electron chi connectivity index (χ2n) is 2.67. The van der Waals surface area contributed by atoms with Crippen LogP contribution in [0.15, 0.2) is 0 Å². The van der Waals surface area contributed by atoms with Crippen molar-refractivity contribution >= 4 is 12.6 Å². The van der Waals surface area contributed by atoms with E-state index < -0.39 is 0 Å². The molecule has 0 amide bonds. The molecular weight excluding hydrogens is 106 g/mol. The number of hydrogen-bond donors (Lipinski definition) is 2. The Morgan fingerprint density at radius 2 is 2.14 bits per heavy atom. The van der Waals surface area contributed by atoms with Crippen LogP contribution in [-0.4, -0.2) is 10.8 Å². The van der Waals surface area contributed by atoms with Gasteiger partial charge in [-0.15, -0.1) is 0 Å². The summed E-state index contributed by atoms with van der Waals surface area (Å²) in [5.74, 6) is 0. The van der Waals surface area contributed by atoms with Crippen molar-refractivity contribution in [1.29, 1.82) is 0 Å². The number of hydrogen-bond acceptors (Lipinski definition) is 2. The maximum atomic E-state index is 5.51. The number of thiol groups is 1. The minimum Gasteiger partial charge on any atom is -0.328 e. The Labute approximate surface area is 49.7 Å². The third-order valence-corrected chi connectivity index (χ3v) is 1.77. The van der Waals surface area contributed by atoms with Crippen molar-refractivity contribution in [2.24, 2.45) is 5.73 Å². The summed E-state index contributed by atoms with van der Waals surface area (Å²) in [6, 6.07) is 0.433. The van der Waals surface area contributed by atoms with E-state index in [1.807, 2.05) is 0 Å². The van der Waals surface area contributed by atoms with Crippen molar-refractivity contribution < 1.29 is 0 Å². The molecule has 1 nitrogen and oxygen atoms in total. The highest BCUT2D eigenvalue weighted by Crippen LogP contribution is 2.35. The third kappa shape index (κ3) is 1.10. The van der Waals surface area contributed by atoms with E-state index in [4.69, 9.17) is 5.73 Å². The Hall–Kier alpha value is 0.310. The average molecular weight is 117 g/mol. The molecule has 0 aliphatic heterocycles. The molecule has 2 heteroatoms. The molecule has 2 N–H and O–H groups in total. The summed E-state index contributed by atoms with van der Waals surface area (Å²) < 4.78 is 0.263. The number of rotatable bonds is 0. The topological polar surface area (TPSA) is 26.0 Å². The lowest BCUT2D eigenvalue weighted by Crippen LogP contribution is -2.45. The maximum absolute atomic E-state index is 5.51. The van der Waals surface area contributed by atoms with Gasteiger partial charge >= 0.3 is 0 Å². The van der Waals surface area contributed by atoms with Gasteiger partial charge in [0, 0.05) is 10.8 Å². The monoisotopic (exact) mass is 117 g/mol. The quantitative estimate of drug-likeness (QED) is 0.451. The van der Waals surface area contributed by atoms with Crippen molar-refractivity contribution in [2.75, 3.05) is 0 Å². The minimum absolute atomic E-state index is 0.263. The predicted octanol–water partition coefficient (Wildman–Crippen LogP) is 0.796. The van der Waals surface area contributed by atoms with Crippen LogP contribution in [0.4, 0.5) is 0 Å². The van der Waals surface area contributed by atoms with Gasteiger partial charge in [0.05, 0.1) is 0 Å². The normalized spacial score (nSPS) is 51.0. The van der Waals surface area contributed by atoms with Gasteiger partial charge in [-0.1, -0.05) is 6.92 Å². The van der Waals surface area contributed by atoms with Gasteiger partial charge in [-0.3, -0.25) is 0 Å². The van der Waals surface area contributed by atoms with E-state index in [1.54, 1.807) is 0 Å². The molecule has 0 aromatic heterocycles. The molecule has 1 aliphatic rings. The SMILES string of the molecule is C[C@]1(S)C[C@@H](N)C1. The molecule has 42 valence electrons. The highest BCUT2D eigenvalue weighted by molar-refractivity contribution is 7.81. The first-order valence-electron chi connectivity index (χ1n) is 2.58. The van der Waals surface area contributed by atoms with Gasteiger partial charge in [0.25, 0.3) is 0 Å². The molecule has 0 atom stereocenters. The zero-order valence-corrected chi connectivity index (χ0v) is 5.41. The van der Waals surface area contributed by atoms with E-state index in [-0.39, 0.29) is 4.75 Å². The van der Waals surface area contributed by atoms with Crippen LogP contribution in [0.5, 0.6) is 0 Å². The fourth-order valence-corrected chi connectivity index (χ4v) is 1.54. The molecule has 0 aromatic carbocycles. The van der Waals surface area contributed by atoms with Gasteiger partial charge in [0.15, 0.2) is 0 Å². The fourth-order valence-electron chi connectivity index (χ4n) is 1.07. The van der Waals surface area contributed by atoms with E-state index in [0.717, 1.165) is 12.8 Å². The summed E-state index contributed by atoms with van der Waals surface area (Å²) in [7, 11) is 0. The molecular formula is C5H11NS. The van der Waals surface area contributed by atoms with Crippen LogP contribution in [0.2, 0.25) is 0 Å². The molecule has 7 heavy (non-hydrogen) atoms. The minimum atomic E-state index is 0.263. The van der Waals surface area contributed by atoms with Gasteiger partial charge in [-0.2, -0.15) is 12.6 Å². The van der Waals surface area contributed by atoms with Gasteiger partial charge in [0.1, 0.15) is 0 Å². The number of nitrogens with two attached hydrogens (primary N) is 1. The highest BCUT2D eigenvalue weighted by Gasteiger charge is 2.34. The summed E-state index contributed by atoms with van der Waals surface area (Å²) in [6.45, 7) is 2.12. The summed E-state index contributed by atoms with van der Waals surface area (Å²) in [6.07, 6.45) is 2.16. The zero-order valence-electron chi connectivity index (χ0n) is 4.52. The van der Waals surface area contributed by atoms with Crippen molar-refractivity contribution in [2.45, 2.75) is 30.6 Å². The molecule has 1 aliphatic carbocycles. The second kappa shape index (κ2) is 1.39. The predicted molar refractivity (Wildman–Crippen MR) is 34.6 cm³/mol. The lowest BCUT2D eigenvalue weighted by Gasteiger charge is -2.39. The summed E-state index contributed by atoms with van der Waals surface area (Å²) in [5.41, 5.74) is 5.51. The molecule has 0 aromatic rings.